The SMILES string of the molecule is Cc1c(-c2ccccc2)n(Cc2ccccc2)c(=O)[nH]c1=O. The molecule has 1 heterocycles. The largest absolute Gasteiger partial charge is 0.329 e. The molecule has 4 heteroatoms. The molecule has 0 spiro atoms. The third kappa shape index (κ3) is 2.63. The summed E-state index contributed by atoms with van der Waals surface area (Å²) in [4.78, 5) is 26.7. The van der Waals surface area contributed by atoms with Crippen LogP contribution in [0, 0.1) is 6.92 Å². The van der Waals surface area contributed by atoms with Gasteiger partial charge in [-0.1, -0.05) is 60.7 Å². The van der Waals surface area contributed by atoms with Crippen LogP contribution in [0.4, 0.5) is 0 Å². The lowest BCUT2D eigenvalue weighted by atomic mass is 10.1. The van der Waals surface area contributed by atoms with Crippen LogP contribution in [0.1, 0.15) is 11.1 Å². The molecule has 0 bridgehead atoms. The van der Waals surface area contributed by atoms with Crippen molar-refractivity contribution in [1.29, 1.82) is 0 Å². The topological polar surface area (TPSA) is 54.9 Å². The van der Waals surface area contributed by atoms with Gasteiger partial charge in [0.05, 0.1) is 12.2 Å². The number of aromatic nitrogens is 2. The van der Waals surface area contributed by atoms with Gasteiger partial charge in [0.15, 0.2) is 0 Å². The van der Waals surface area contributed by atoms with Gasteiger partial charge in [0.1, 0.15) is 0 Å². The van der Waals surface area contributed by atoms with Crippen LogP contribution in [0.15, 0.2) is 70.3 Å². The summed E-state index contributed by atoms with van der Waals surface area (Å²) >= 11 is 0. The fourth-order valence-corrected chi connectivity index (χ4v) is 2.56. The lowest BCUT2D eigenvalue weighted by Gasteiger charge is -2.15. The molecule has 0 amide bonds. The Labute approximate surface area is 127 Å². The Morgan fingerprint density at radius 1 is 0.909 bits per heavy atom. The molecule has 0 aliphatic carbocycles. The Balaban J connectivity index is 2.23. The number of nitrogens with one attached hydrogen (secondary N) is 1. The molecule has 4 nitrogen and oxygen atoms in total. The summed E-state index contributed by atoms with van der Waals surface area (Å²) in [6.45, 7) is 2.16. The van der Waals surface area contributed by atoms with Gasteiger partial charge in [0.25, 0.3) is 5.56 Å². The molecular weight excluding hydrogens is 276 g/mol. The molecule has 3 rings (SSSR count). The summed E-state index contributed by atoms with van der Waals surface area (Å²) in [5.41, 5.74) is 2.35. The van der Waals surface area contributed by atoms with E-state index in [9.17, 15) is 9.59 Å². The molecular formula is C18H16N2O2. The molecule has 0 fully saturated rings. The first-order valence-corrected chi connectivity index (χ1v) is 7.10. The first kappa shape index (κ1) is 14.1. The van der Waals surface area contributed by atoms with E-state index in [2.05, 4.69) is 4.98 Å². The van der Waals surface area contributed by atoms with Crippen LogP contribution in [0.5, 0.6) is 0 Å². The number of nitrogens with zero attached hydrogens (tertiary/aromatic N) is 1. The summed E-state index contributed by atoms with van der Waals surface area (Å²) in [5.74, 6) is 0. The molecule has 0 atom stereocenters. The number of hydrogen-bond donors (Lipinski definition) is 1. The predicted molar refractivity (Wildman–Crippen MR) is 87.0 cm³/mol. The molecule has 2 aromatic carbocycles. The van der Waals surface area contributed by atoms with Crippen LogP contribution < -0.4 is 11.2 Å². The molecule has 110 valence electrons. The van der Waals surface area contributed by atoms with Crippen LogP contribution >= 0.6 is 0 Å². The Hall–Kier alpha value is -2.88. The highest BCUT2D eigenvalue weighted by Crippen LogP contribution is 2.20. The quantitative estimate of drug-likeness (QED) is 0.806. The normalized spacial score (nSPS) is 10.6. The molecule has 3 aromatic rings. The van der Waals surface area contributed by atoms with Gasteiger partial charge in [0.2, 0.25) is 0 Å². The summed E-state index contributed by atoms with van der Waals surface area (Å²) in [6.07, 6.45) is 0. The third-order valence-electron chi connectivity index (χ3n) is 3.66. The average Bonchev–Trinajstić information content (AvgIpc) is 2.55. The number of H-pyrrole nitrogens is 1. The Kier molecular flexibility index (Phi) is 3.74. The van der Waals surface area contributed by atoms with Crippen molar-refractivity contribution in [1.82, 2.24) is 9.55 Å². The van der Waals surface area contributed by atoms with Crippen molar-refractivity contribution in [2.45, 2.75) is 13.5 Å². The summed E-state index contributed by atoms with van der Waals surface area (Å²) in [6, 6.07) is 19.2. The summed E-state index contributed by atoms with van der Waals surface area (Å²) < 4.78 is 1.61. The van der Waals surface area contributed by atoms with Gasteiger partial charge in [-0.3, -0.25) is 14.3 Å². The highest BCUT2D eigenvalue weighted by atomic mass is 16.2. The van der Waals surface area contributed by atoms with Crippen LogP contribution in [0.3, 0.4) is 0 Å². The Morgan fingerprint density at radius 3 is 2.14 bits per heavy atom. The fourth-order valence-electron chi connectivity index (χ4n) is 2.56. The highest BCUT2D eigenvalue weighted by Gasteiger charge is 2.13. The maximum absolute atomic E-state index is 12.3. The zero-order valence-electron chi connectivity index (χ0n) is 12.2. The first-order chi connectivity index (χ1) is 10.7. The zero-order valence-corrected chi connectivity index (χ0v) is 12.2. The predicted octanol–water partition coefficient (Wildman–Crippen LogP) is 2.56. The number of aromatic amines is 1. The molecule has 0 aliphatic rings. The zero-order chi connectivity index (χ0) is 15.5. The van der Waals surface area contributed by atoms with Crippen molar-refractivity contribution in [3.05, 3.63) is 92.6 Å². The minimum absolute atomic E-state index is 0.340. The number of rotatable bonds is 3. The molecule has 0 saturated heterocycles. The number of benzene rings is 2. The second-order valence-electron chi connectivity index (χ2n) is 5.17. The van der Waals surface area contributed by atoms with E-state index in [-0.39, 0.29) is 5.56 Å². The van der Waals surface area contributed by atoms with E-state index in [4.69, 9.17) is 0 Å². The van der Waals surface area contributed by atoms with E-state index in [1.807, 2.05) is 60.7 Å². The Bertz CT molecular complexity index is 894. The monoisotopic (exact) mass is 292 g/mol. The molecule has 0 saturated carbocycles. The standard InChI is InChI=1S/C18H16N2O2/c1-13-16(15-10-6-3-7-11-15)20(18(22)19-17(13)21)12-14-8-4-2-5-9-14/h2-11H,12H2,1H3,(H,19,21,22). The van der Waals surface area contributed by atoms with Gasteiger partial charge in [0, 0.05) is 5.56 Å². The lowest BCUT2D eigenvalue weighted by Crippen LogP contribution is -2.33. The summed E-state index contributed by atoms with van der Waals surface area (Å²) in [5, 5.41) is 0. The molecule has 1 aromatic heterocycles. The third-order valence-corrected chi connectivity index (χ3v) is 3.66. The first-order valence-electron chi connectivity index (χ1n) is 7.10. The highest BCUT2D eigenvalue weighted by molar-refractivity contribution is 5.62. The van der Waals surface area contributed by atoms with Crippen LogP contribution in [-0.4, -0.2) is 9.55 Å². The van der Waals surface area contributed by atoms with Gasteiger partial charge < -0.3 is 0 Å². The molecule has 22 heavy (non-hydrogen) atoms. The van der Waals surface area contributed by atoms with Crippen molar-refractivity contribution < 1.29 is 0 Å². The fraction of sp³-hybridized carbons (Fsp3) is 0.111. The van der Waals surface area contributed by atoms with E-state index < -0.39 is 5.69 Å². The van der Waals surface area contributed by atoms with Gasteiger partial charge in [-0.2, -0.15) is 0 Å². The van der Waals surface area contributed by atoms with Gasteiger partial charge in [-0.05, 0) is 18.1 Å². The molecule has 0 aliphatic heterocycles. The minimum atomic E-state index is -0.390. The summed E-state index contributed by atoms with van der Waals surface area (Å²) in [7, 11) is 0. The maximum Gasteiger partial charge on any atom is 0.329 e. The van der Waals surface area contributed by atoms with E-state index >= 15 is 0 Å². The molecule has 1 N–H and O–H groups in total. The minimum Gasteiger partial charge on any atom is -0.289 e. The van der Waals surface area contributed by atoms with Crippen molar-refractivity contribution in [3.63, 3.8) is 0 Å². The Morgan fingerprint density at radius 2 is 1.50 bits per heavy atom. The van der Waals surface area contributed by atoms with Gasteiger partial charge in [-0.15, -0.1) is 0 Å². The van der Waals surface area contributed by atoms with Gasteiger partial charge >= 0.3 is 5.69 Å². The van der Waals surface area contributed by atoms with Crippen molar-refractivity contribution in [3.8, 4) is 11.3 Å². The van der Waals surface area contributed by atoms with Gasteiger partial charge in [-0.25, -0.2) is 4.79 Å². The van der Waals surface area contributed by atoms with E-state index in [1.165, 1.54) is 0 Å². The van der Waals surface area contributed by atoms with E-state index in [0.29, 0.717) is 17.8 Å². The van der Waals surface area contributed by atoms with E-state index in [1.54, 1.807) is 11.5 Å². The van der Waals surface area contributed by atoms with Crippen molar-refractivity contribution in [2.75, 3.05) is 0 Å². The van der Waals surface area contributed by atoms with Crippen molar-refractivity contribution >= 4 is 0 Å². The molecule has 0 unspecified atom stereocenters. The lowest BCUT2D eigenvalue weighted by molar-refractivity contribution is 0.723. The van der Waals surface area contributed by atoms with Crippen LogP contribution in [0.2, 0.25) is 0 Å². The van der Waals surface area contributed by atoms with Crippen molar-refractivity contribution in [2.24, 2.45) is 0 Å². The molecule has 0 radical (unpaired) electrons. The second-order valence-corrected chi connectivity index (χ2v) is 5.17. The number of hydrogen-bond acceptors (Lipinski definition) is 2. The second kappa shape index (κ2) is 5.85. The maximum atomic E-state index is 12.3. The average molecular weight is 292 g/mol. The van der Waals surface area contributed by atoms with Crippen LogP contribution in [-0.2, 0) is 6.54 Å². The van der Waals surface area contributed by atoms with Crippen LogP contribution in [0.25, 0.3) is 11.3 Å². The smallest absolute Gasteiger partial charge is 0.289 e. The van der Waals surface area contributed by atoms with E-state index in [0.717, 1.165) is 11.1 Å².